The van der Waals surface area contributed by atoms with E-state index in [2.05, 4.69) is 0 Å². The number of carbonyl (C=O) groups is 1. The van der Waals surface area contributed by atoms with Crippen molar-refractivity contribution in [3.63, 3.8) is 0 Å². The van der Waals surface area contributed by atoms with Crippen molar-refractivity contribution in [1.82, 2.24) is 0 Å². The first-order chi connectivity index (χ1) is 11.1. The Morgan fingerprint density at radius 1 is 1.00 bits per heavy atom. The van der Waals surface area contributed by atoms with Crippen LogP contribution in [0.4, 0.5) is 0 Å². The molecule has 2 aliphatic rings. The zero-order valence-electron chi connectivity index (χ0n) is 12.0. The molecule has 23 heavy (non-hydrogen) atoms. The molecule has 118 valence electrons. The van der Waals surface area contributed by atoms with Crippen molar-refractivity contribution in [2.75, 3.05) is 13.2 Å². The van der Waals surface area contributed by atoms with Crippen LogP contribution < -0.4 is 14.2 Å². The molecule has 1 atom stereocenters. The fourth-order valence-electron chi connectivity index (χ4n) is 2.80. The molecule has 0 N–H and O–H groups in total. The van der Waals surface area contributed by atoms with Crippen LogP contribution >= 0.6 is 23.2 Å². The van der Waals surface area contributed by atoms with Crippen molar-refractivity contribution in [2.45, 2.75) is 12.5 Å². The molecule has 4 nitrogen and oxygen atoms in total. The Kier molecular flexibility index (Phi) is 3.58. The molecular weight excluding hydrogens is 339 g/mol. The second-order valence-electron chi connectivity index (χ2n) is 5.40. The molecule has 0 saturated carbocycles. The summed E-state index contributed by atoms with van der Waals surface area (Å²) in [5.41, 5.74) is 1.27. The number of hydrogen-bond acceptors (Lipinski definition) is 4. The van der Waals surface area contributed by atoms with Gasteiger partial charge in [-0.05, 0) is 29.8 Å². The van der Waals surface area contributed by atoms with Crippen LogP contribution in [0.1, 0.15) is 28.4 Å². The van der Waals surface area contributed by atoms with Crippen molar-refractivity contribution < 1.29 is 19.0 Å². The summed E-state index contributed by atoms with van der Waals surface area (Å²) in [7, 11) is 0. The minimum atomic E-state index is -0.412. The summed E-state index contributed by atoms with van der Waals surface area (Å²) < 4.78 is 17.0. The van der Waals surface area contributed by atoms with Gasteiger partial charge in [0.2, 0.25) is 0 Å². The molecule has 2 aromatic carbocycles. The number of ketones is 1. The monoisotopic (exact) mass is 350 g/mol. The van der Waals surface area contributed by atoms with E-state index in [1.165, 1.54) is 0 Å². The first kappa shape index (κ1) is 14.7. The maximum absolute atomic E-state index is 12.4. The fourth-order valence-corrected chi connectivity index (χ4v) is 3.33. The minimum Gasteiger partial charge on any atom is -0.486 e. The summed E-state index contributed by atoms with van der Waals surface area (Å²) in [6.07, 6.45) is -0.187. The molecule has 0 spiro atoms. The van der Waals surface area contributed by atoms with Crippen molar-refractivity contribution in [3.05, 3.63) is 51.5 Å². The lowest BCUT2D eigenvalue weighted by Crippen LogP contribution is -2.21. The standard InChI is InChI=1S/C17H12Cl2O4/c18-10-6-11-13(20)8-15(23-17(11)12(19)7-10)9-1-2-14-16(5-9)22-4-3-21-14/h1-2,5-7,15H,3-4,8H2. The van der Waals surface area contributed by atoms with Crippen LogP contribution in [0, 0.1) is 0 Å². The Labute approximate surface area is 142 Å². The average molecular weight is 351 g/mol. The molecule has 0 amide bonds. The van der Waals surface area contributed by atoms with Gasteiger partial charge in [0.15, 0.2) is 17.3 Å². The van der Waals surface area contributed by atoms with Gasteiger partial charge in [0, 0.05) is 5.02 Å². The lowest BCUT2D eigenvalue weighted by Gasteiger charge is -2.27. The molecule has 2 aliphatic heterocycles. The van der Waals surface area contributed by atoms with Crippen LogP contribution in [0.15, 0.2) is 30.3 Å². The van der Waals surface area contributed by atoms with Crippen LogP contribution in [0.25, 0.3) is 0 Å². The van der Waals surface area contributed by atoms with Crippen LogP contribution in [0.3, 0.4) is 0 Å². The molecule has 0 aliphatic carbocycles. The van der Waals surface area contributed by atoms with E-state index in [0.717, 1.165) is 5.56 Å². The quantitative estimate of drug-likeness (QED) is 0.760. The van der Waals surface area contributed by atoms with E-state index in [1.54, 1.807) is 12.1 Å². The Morgan fingerprint density at radius 2 is 1.78 bits per heavy atom. The van der Waals surface area contributed by atoms with Gasteiger partial charge in [0.05, 0.1) is 17.0 Å². The Balaban J connectivity index is 1.70. The highest BCUT2D eigenvalue weighted by atomic mass is 35.5. The average Bonchev–Trinajstić information content (AvgIpc) is 2.55. The molecule has 0 aromatic heterocycles. The lowest BCUT2D eigenvalue weighted by molar-refractivity contribution is 0.0849. The third-order valence-electron chi connectivity index (χ3n) is 3.88. The van der Waals surface area contributed by atoms with Gasteiger partial charge in [0.25, 0.3) is 0 Å². The maximum atomic E-state index is 12.4. The lowest BCUT2D eigenvalue weighted by atomic mass is 9.96. The van der Waals surface area contributed by atoms with Gasteiger partial charge >= 0.3 is 0 Å². The molecule has 6 heteroatoms. The SMILES string of the molecule is O=C1CC(c2ccc3c(c2)OCCO3)Oc2c(Cl)cc(Cl)cc21. The van der Waals surface area contributed by atoms with E-state index in [1.807, 2.05) is 18.2 Å². The third kappa shape index (κ3) is 2.62. The summed E-state index contributed by atoms with van der Waals surface area (Å²) in [6.45, 7) is 1.04. The van der Waals surface area contributed by atoms with Crippen LogP contribution in [0.2, 0.25) is 10.0 Å². The van der Waals surface area contributed by atoms with E-state index in [4.69, 9.17) is 37.4 Å². The highest BCUT2D eigenvalue weighted by molar-refractivity contribution is 6.36. The molecule has 4 rings (SSSR count). The Hall–Kier alpha value is -1.91. The number of benzene rings is 2. The fraction of sp³-hybridized carbons (Fsp3) is 0.235. The zero-order chi connectivity index (χ0) is 16.0. The predicted molar refractivity (Wildman–Crippen MR) is 86.2 cm³/mol. The number of carbonyl (C=O) groups excluding carboxylic acids is 1. The second kappa shape index (κ2) is 5.62. The molecule has 1 unspecified atom stereocenters. The van der Waals surface area contributed by atoms with E-state index in [-0.39, 0.29) is 12.2 Å². The van der Waals surface area contributed by atoms with E-state index < -0.39 is 6.10 Å². The largest absolute Gasteiger partial charge is 0.486 e. The summed E-state index contributed by atoms with van der Waals surface area (Å²) in [4.78, 5) is 12.4. The molecule has 0 saturated heterocycles. The molecule has 2 heterocycles. The third-order valence-corrected chi connectivity index (χ3v) is 4.38. The topological polar surface area (TPSA) is 44.8 Å². The van der Waals surface area contributed by atoms with Crippen molar-refractivity contribution in [2.24, 2.45) is 0 Å². The van der Waals surface area contributed by atoms with Gasteiger partial charge in [-0.15, -0.1) is 0 Å². The van der Waals surface area contributed by atoms with Gasteiger partial charge in [-0.25, -0.2) is 0 Å². The summed E-state index contributed by atoms with van der Waals surface area (Å²) in [5, 5.41) is 0.756. The Morgan fingerprint density at radius 3 is 2.61 bits per heavy atom. The van der Waals surface area contributed by atoms with Gasteiger partial charge < -0.3 is 14.2 Å². The van der Waals surface area contributed by atoms with Gasteiger partial charge in [-0.3, -0.25) is 4.79 Å². The van der Waals surface area contributed by atoms with Gasteiger partial charge in [-0.2, -0.15) is 0 Å². The maximum Gasteiger partial charge on any atom is 0.170 e. The normalized spacial score (nSPS) is 19.0. The van der Waals surface area contributed by atoms with E-state index in [9.17, 15) is 4.79 Å². The van der Waals surface area contributed by atoms with Crippen molar-refractivity contribution in [1.29, 1.82) is 0 Å². The van der Waals surface area contributed by atoms with Gasteiger partial charge in [-0.1, -0.05) is 29.3 Å². The number of ether oxygens (including phenoxy) is 3. The van der Waals surface area contributed by atoms with Crippen LogP contribution in [-0.2, 0) is 0 Å². The number of Topliss-reactive ketones (excluding diaryl/α,β-unsaturated/α-hetero) is 1. The molecule has 0 fully saturated rings. The summed E-state index contributed by atoms with van der Waals surface area (Å²) >= 11 is 12.1. The van der Waals surface area contributed by atoms with Crippen molar-refractivity contribution in [3.8, 4) is 17.2 Å². The van der Waals surface area contributed by atoms with Crippen LogP contribution in [-0.4, -0.2) is 19.0 Å². The Bertz CT molecular complexity index is 803. The first-order valence-electron chi connectivity index (χ1n) is 7.20. The van der Waals surface area contributed by atoms with Gasteiger partial charge in [0.1, 0.15) is 25.1 Å². The summed E-state index contributed by atoms with van der Waals surface area (Å²) in [6, 6.07) is 8.71. The number of halogens is 2. The molecular formula is C17H12Cl2O4. The van der Waals surface area contributed by atoms with Crippen LogP contribution in [0.5, 0.6) is 17.2 Å². The second-order valence-corrected chi connectivity index (χ2v) is 6.24. The van der Waals surface area contributed by atoms with Crippen molar-refractivity contribution >= 4 is 29.0 Å². The van der Waals surface area contributed by atoms with E-state index >= 15 is 0 Å². The molecule has 2 aromatic rings. The number of rotatable bonds is 1. The first-order valence-corrected chi connectivity index (χ1v) is 7.96. The van der Waals surface area contributed by atoms with E-state index in [0.29, 0.717) is 46.1 Å². The number of fused-ring (bicyclic) bond motifs is 2. The number of hydrogen-bond donors (Lipinski definition) is 0. The zero-order valence-corrected chi connectivity index (χ0v) is 13.5. The highest BCUT2D eigenvalue weighted by Crippen LogP contribution is 2.42. The smallest absolute Gasteiger partial charge is 0.170 e. The summed E-state index contributed by atoms with van der Waals surface area (Å²) in [5.74, 6) is 1.70. The predicted octanol–water partition coefficient (Wildman–Crippen LogP) is 4.47. The molecule has 0 radical (unpaired) electrons. The molecule has 0 bridgehead atoms. The highest BCUT2D eigenvalue weighted by Gasteiger charge is 2.30. The minimum absolute atomic E-state index is 0.0458.